The van der Waals surface area contributed by atoms with Gasteiger partial charge in [0.25, 0.3) is 0 Å². The van der Waals surface area contributed by atoms with Crippen molar-refractivity contribution >= 4 is 11.3 Å². The number of hydrogen-bond acceptors (Lipinski definition) is 4. The van der Waals surface area contributed by atoms with Crippen molar-refractivity contribution in [3.63, 3.8) is 0 Å². The predicted molar refractivity (Wildman–Crippen MR) is 65.5 cm³/mol. The van der Waals surface area contributed by atoms with Crippen LogP contribution in [0.25, 0.3) is 0 Å². The van der Waals surface area contributed by atoms with E-state index in [1.165, 1.54) is 0 Å². The third kappa shape index (κ3) is 2.71. The monoisotopic (exact) mass is 236 g/mol. The SMILES string of the molecule is CCc1ccc(C(C)NCc2cscn2)o1. The number of nitrogens with zero attached hydrogens (tertiary/aromatic N) is 1. The zero-order chi connectivity index (χ0) is 11.4. The molecule has 0 amide bonds. The largest absolute Gasteiger partial charge is 0.464 e. The second-order valence-electron chi connectivity index (χ2n) is 3.74. The molecule has 2 rings (SSSR count). The lowest BCUT2D eigenvalue weighted by Crippen LogP contribution is -2.17. The maximum absolute atomic E-state index is 5.68. The Labute approximate surface area is 99.5 Å². The van der Waals surface area contributed by atoms with Gasteiger partial charge in [-0.15, -0.1) is 11.3 Å². The average molecular weight is 236 g/mol. The van der Waals surface area contributed by atoms with Gasteiger partial charge in [-0.3, -0.25) is 0 Å². The Bertz CT molecular complexity index is 422. The summed E-state index contributed by atoms with van der Waals surface area (Å²) < 4.78 is 5.68. The molecular formula is C12H16N2OS. The Hall–Kier alpha value is -1.13. The summed E-state index contributed by atoms with van der Waals surface area (Å²) in [4.78, 5) is 4.23. The van der Waals surface area contributed by atoms with Gasteiger partial charge < -0.3 is 9.73 Å². The minimum absolute atomic E-state index is 0.224. The summed E-state index contributed by atoms with van der Waals surface area (Å²) in [5, 5.41) is 5.44. The van der Waals surface area contributed by atoms with Crippen molar-refractivity contribution in [3.8, 4) is 0 Å². The van der Waals surface area contributed by atoms with Gasteiger partial charge in [0.15, 0.2) is 0 Å². The zero-order valence-corrected chi connectivity index (χ0v) is 10.4. The summed E-state index contributed by atoms with van der Waals surface area (Å²) in [5.74, 6) is 2.03. The van der Waals surface area contributed by atoms with Gasteiger partial charge in [-0.1, -0.05) is 6.92 Å². The number of thiazole rings is 1. The summed E-state index contributed by atoms with van der Waals surface area (Å²) in [7, 11) is 0. The van der Waals surface area contributed by atoms with Gasteiger partial charge in [-0.05, 0) is 19.1 Å². The zero-order valence-electron chi connectivity index (χ0n) is 9.56. The molecule has 0 bridgehead atoms. The first-order valence-electron chi connectivity index (χ1n) is 5.48. The lowest BCUT2D eigenvalue weighted by molar-refractivity contribution is 0.407. The minimum Gasteiger partial charge on any atom is -0.464 e. The molecule has 0 spiro atoms. The van der Waals surface area contributed by atoms with E-state index < -0.39 is 0 Å². The van der Waals surface area contributed by atoms with Crippen LogP contribution in [0.5, 0.6) is 0 Å². The predicted octanol–water partition coefficient (Wildman–Crippen LogP) is 3.15. The van der Waals surface area contributed by atoms with Gasteiger partial charge in [-0.2, -0.15) is 0 Å². The topological polar surface area (TPSA) is 38.1 Å². The lowest BCUT2D eigenvalue weighted by atomic mass is 10.2. The Balaban J connectivity index is 1.90. The molecule has 1 N–H and O–H groups in total. The first kappa shape index (κ1) is 11.4. The molecule has 0 aromatic carbocycles. The van der Waals surface area contributed by atoms with Gasteiger partial charge in [-0.25, -0.2) is 4.98 Å². The molecule has 1 atom stereocenters. The maximum Gasteiger partial charge on any atom is 0.120 e. The Morgan fingerprint density at radius 2 is 2.38 bits per heavy atom. The van der Waals surface area contributed by atoms with E-state index in [-0.39, 0.29) is 6.04 Å². The van der Waals surface area contributed by atoms with Crippen LogP contribution in [0.15, 0.2) is 27.4 Å². The Kier molecular flexibility index (Phi) is 3.74. The molecule has 1 unspecified atom stereocenters. The highest BCUT2D eigenvalue weighted by atomic mass is 32.1. The van der Waals surface area contributed by atoms with Gasteiger partial charge in [0, 0.05) is 18.3 Å². The average Bonchev–Trinajstić information content (AvgIpc) is 2.96. The normalized spacial score (nSPS) is 12.9. The molecule has 3 nitrogen and oxygen atoms in total. The van der Waals surface area contributed by atoms with Crippen molar-refractivity contribution in [1.82, 2.24) is 10.3 Å². The third-order valence-corrected chi connectivity index (χ3v) is 3.17. The van der Waals surface area contributed by atoms with E-state index in [9.17, 15) is 0 Å². The number of aryl methyl sites for hydroxylation is 1. The van der Waals surface area contributed by atoms with Crippen LogP contribution in [0.3, 0.4) is 0 Å². The summed E-state index contributed by atoms with van der Waals surface area (Å²) in [6.07, 6.45) is 0.943. The second kappa shape index (κ2) is 5.27. The summed E-state index contributed by atoms with van der Waals surface area (Å²) in [6, 6.07) is 4.30. The van der Waals surface area contributed by atoms with Crippen molar-refractivity contribution in [2.45, 2.75) is 32.9 Å². The standard InChI is InChI=1S/C12H16N2OS/c1-3-11-4-5-12(15-11)9(2)13-6-10-7-16-8-14-10/h4-5,7-9,13H,3,6H2,1-2H3. The molecule has 2 aromatic rings. The van der Waals surface area contributed by atoms with Crippen LogP contribution in [-0.2, 0) is 13.0 Å². The van der Waals surface area contributed by atoms with Crippen molar-refractivity contribution in [3.05, 3.63) is 40.2 Å². The van der Waals surface area contributed by atoms with E-state index in [1.807, 2.05) is 17.6 Å². The van der Waals surface area contributed by atoms with E-state index in [4.69, 9.17) is 4.42 Å². The minimum atomic E-state index is 0.224. The molecule has 0 saturated heterocycles. The highest BCUT2D eigenvalue weighted by Crippen LogP contribution is 2.17. The second-order valence-corrected chi connectivity index (χ2v) is 4.46. The van der Waals surface area contributed by atoms with Crippen LogP contribution in [0.4, 0.5) is 0 Å². The number of nitrogens with one attached hydrogen (secondary N) is 1. The Morgan fingerprint density at radius 3 is 3.00 bits per heavy atom. The van der Waals surface area contributed by atoms with Crippen LogP contribution < -0.4 is 5.32 Å². The molecule has 0 saturated carbocycles. The smallest absolute Gasteiger partial charge is 0.120 e. The fourth-order valence-electron chi connectivity index (χ4n) is 1.50. The highest BCUT2D eigenvalue weighted by molar-refractivity contribution is 7.07. The lowest BCUT2D eigenvalue weighted by Gasteiger charge is -2.09. The fraction of sp³-hybridized carbons (Fsp3) is 0.417. The molecule has 0 aliphatic heterocycles. The van der Waals surface area contributed by atoms with Gasteiger partial charge in [0.1, 0.15) is 11.5 Å². The van der Waals surface area contributed by atoms with Crippen LogP contribution in [-0.4, -0.2) is 4.98 Å². The maximum atomic E-state index is 5.68. The van der Waals surface area contributed by atoms with E-state index in [0.29, 0.717) is 0 Å². The molecule has 4 heteroatoms. The Morgan fingerprint density at radius 1 is 1.50 bits per heavy atom. The number of hydrogen-bond donors (Lipinski definition) is 1. The van der Waals surface area contributed by atoms with Crippen molar-refractivity contribution in [1.29, 1.82) is 0 Å². The number of aromatic nitrogens is 1. The van der Waals surface area contributed by atoms with Gasteiger partial charge >= 0.3 is 0 Å². The molecular weight excluding hydrogens is 220 g/mol. The quantitative estimate of drug-likeness (QED) is 0.866. The van der Waals surface area contributed by atoms with Crippen molar-refractivity contribution in [2.75, 3.05) is 0 Å². The van der Waals surface area contributed by atoms with Crippen molar-refractivity contribution < 1.29 is 4.42 Å². The highest BCUT2D eigenvalue weighted by Gasteiger charge is 2.09. The first-order chi connectivity index (χ1) is 7.79. The number of rotatable bonds is 5. The summed E-state index contributed by atoms with van der Waals surface area (Å²) in [5.41, 5.74) is 2.93. The molecule has 86 valence electrons. The summed E-state index contributed by atoms with van der Waals surface area (Å²) in [6.45, 7) is 4.98. The molecule has 0 fully saturated rings. The van der Waals surface area contributed by atoms with Crippen LogP contribution in [0.2, 0.25) is 0 Å². The van der Waals surface area contributed by atoms with Crippen LogP contribution in [0, 0.1) is 0 Å². The van der Waals surface area contributed by atoms with E-state index in [2.05, 4.69) is 29.5 Å². The first-order valence-corrected chi connectivity index (χ1v) is 6.43. The van der Waals surface area contributed by atoms with Crippen LogP contribution >= 0.6 is 11.3 Å². The van der Waals surface area contributed by atoms with Gasteiger partial charge in [0.2, 0.25) is 0 Å². The van der Waals surface area contributed by atoms with E-state index >= 15 is 0 Å². The summed E-state index contributed by atoms with van der Waals surface area (Å²) >= 11 is 1.62. The fourth-order valence-corrected chi connectivity index (χ4v) is 2.06. The number of furan rings is 1. The third-order valence-electron chi connectivity index (χ3n) is 2.53. The van der Waals surface area contributed by atoms with E-state index in [1.54, 1.807) is 11.3 Å². The molecule has 16 heavy (non-hydrogen) atoms. The molecule has 2 heterocycles. The van der Waals surface area contributed by atoms with E-state index in [0.717, 1.165) is 30.2 Å². The van der Waals surface area contributed by atoms with Gasteiger partial charge in [0.05, 0.1) is 17.2 Å². The molecule has 0 aliphatic carbocycles. The van der Waals surface area contributed by atoms with Crippen molar-refractivity contribution in [2.24, 2.45) is 0 Å². The molecule has 0 radical (unpaired) electrons. The molecule has 2 aromatic heterocycles. The molecule has 0 aliphatic rings. The van der Waals surface area contributed by atoms with Crippen LogP contribution in [0.1, 0.15) is 37.1 Å².